The zero-order chi connectivity index (χ0) is 17.4. The lowest BCUT2D eigenvalue weighted by molar-refractivity contribution is 0.0927. The Morgan fingerprint density at radius 2 is 2.04 bits per heavy atom. The van der Waals surface area contributed by atoms with E-state index in [1.165, 1.54) is 0 Å². The van der Waals surface area contributed by atoms with E-state index >= 15 is 0 Å². The second kappa shape index (κ2) is 6.12. The monoisotopic (exact) mass is 338 g/mol. The lowest BCUT2D eigenvalue weighted by Crippen LogP contribution is -2.41. The summed E-state index contributed by atoms with van der Waals surface area (Å²) in [5.74, 6) is 2.81. The normalized spacial score (nSPS) is 16.5. The van der Waals surface area contributed by atoms with Crippen molar-refractivity contribution in [3.8, 4) is 11.5 Å². The molecular formula is C17H18N6O2. The van der Waals surface area contributed by atoms with Gasteiger partial charge in [-0.05, 0) is 44.5 Å². The minimum atomic E-state index is -0.0903. The third kappa shape index (κ3) is 3.02. The van der Waals surface area contributed by atoms with Crippen LogP contribution in [-0.4, -0.2) is 36.9 Å². The van der Waals surface area contributed by atoms with Gasteiger partial charge in [0.1, 0.15) is 11.6 Å². The molecule has 4 rings (SSSR count). The zero-order valence-corrected chi connectivity index (χ0v) is 14.1. The van der Waals surface area contributed by atoms with Crippen molar-refractivity contribution < 1.29 is 9.32 Å². The summed E-state index contributed by atoms with van der Waals surface area (Å²) in [6.07, 6.45) is 1.68. The Morgan fingerprint density at radius 3 is 2.76 bits per heavy atom. The number of benzene rings is 1. The highest BCUT2D eigenvalue weighted by Gasteiger charge is 2.23. The lowest BCUT2D eigenvalue weighted by Gasteiger charge is -2.24. The van der Waals surface area contributed by atoms with Crippen LogP contribution in [0, 0.1) is 13.8 Å². The average molecular weight is 338 g/mol. The summed E-state index contributed by atoms with van der Waals surface area (Å²) in [5.41, 5.74) is 1.39. The fourth-order valence-corrected chi connectivity index (χ4v) is 3.03. The van der Waals surface area contributed by atoms with Gasteiger partial charge in [-0.25, -0.2) is 0 Å². The fourth-order valence-electron chi connectivity index (χ4n) is 3.03. The van der Waals surface area contributed by atoms with Gasteiger partial charge in [-0.15, -0.1) is 10.2 Å². The molecule has 0 radical (unpaired) electrons. The maximum atomic E-state index is 12.5. The molecule has 128 valence electrons. The molecule has 0 fully saturated rings. The van der Waals surface area contributed by atoms with E-state index in [2.05, 4.69) is 30.2 Å². The second-order valence-corrected chi connectivity index (χ2v) is 6.21. The molecule has 0 aliphatic carbocycles. The SMILES string of the molecule is Cc1noc(-c2ccc(C(=O)NC3CCc4nnc(C)n4C3)cc2)n1. The molecule has 1 unspecified atom stereocenters. The number of nitrogens with one attached hydrogen (secondary N) is 1. The molecular weight excluding hydrogens is 320 g/mol. The van der Waals surface area contributed by atoms with Gasteiger partial charge in [0.2, 0.25) is 0 Å². The molecule has 3 aromatic rings. The Hall–Kier alpha value is -3.03. The van der Waals surface area contributed by atoms with Crippen molar-refractivity contribution in [1.82, 2.24) is 30.2 Å². The molecule has 25 heavy (non-hydrogen) atoms. The van der Waals surface area contributed by atoms with Crippen molar-refractivity contribution >= 4 is 5.91 Å². The van der Waals surface area contributed by atoms with Crippen molar-refractivity contribution in [2.75, 3.05) is 0 Å². The lowest BCUT2D eigenvalue weighted by atomic mass is 10.1. The van der Waals surface area contributed by atoms with Gasteiger partial charge >= 0.3 is 0 Å². The minimum Gasteiger partial charge on any atom is -0.347 e. The van der Waals surface area contributed by atoms with Crippen molar-refractivity contribution in [2.45, 2.75) is 39.3 Å². The van der Waals surface area contributed by atoms with Crippen LogP contribution in [0.15, 0.2) is 28.8 Å². The van der Waals surface area contributed by atoms with Gasteiger partial charge < -0.3 is 14.4 Å². The fraction of sp³-hybridized carbons (Fsp3) is 0.353. The summed E-state index contributed by atoms with van der Waals surface area (Å²) < 4.78 is 7.20. The number of amides is 1. The first-order valence-corrected chi connectivity index (χ1v) is 8.20. The van der Waals surface area contributed by atoms with Crippen molar-refractivity contribution in [3.63, 3.8) is 0 Å². The predicted octanol–water partition coefficient (Wildman–Crippen LogP) is 1.69. The van der Waals surface area contributed by atoms with Gasteiger partial charge in [-0.2, -0.15) is 4.98 Å². The Labute approximate surface area is 144 Å². The van der Waals surface area contributed by atoms with E-state index in [0.29, 0.717) is 23.8 Å². The van der Waals surface area contributed by atoms with Crippen molar-refractivity contribution in [1.29, 1.82) is 0 Å². The third-order valence-corrected chi connectivity index (χ3v) is 4.39. The summed E-state index contributed by atoms with van der Waals surface area (Å²) in [4.78, 5) is 16.7. The number of carbonyl (C=O) groups excluding carboxylic acids is 1. The van der Waals surface area contributed by atoms with E-state index in [0.717, 1.165) is 30.1 Å². The Bertz CT molecular complexity index is 912. The Balaban J connectivity index is 1.44. The molecule has 1 atom stereocenters. The summed E-state index contributed by atoms with van der Waals surface area (Å²) in [6, 6.07) is 7.23. The van der Waals surface area contributed by atoms with Gasteiger partial charge in [0.25, 0.3) is 11.8 Å². The predicted molar refractivity (Wildman–Crippen MR) is 88.8 cm³/mol. The number of rotatable bonds is 3. The molecule has 8 heteroatoms. The Morgan fingerprint density at radius 1 is 1.24 bits per heavy atom. The molecule has 2 aromatic heterocycles. The molecule has 8 nitrogen and oxygen atoms in total. The summed E-state index contributed by atoms with van der Waals surface area (Å²) in [5, 5.41) is 15.1. The molecule has 1 amide bonds. The van der Waals surface area contributed by atoms with Crippen LogP contribution in [0.25, 0.3) is 11.5 Å². The number of aromatic nitrogens is 5. The summed E-state index contributed by atoms with van der Waals surface area (Å²) in [7, 11) is 0. The molecule has 1 aliphatic rings. The molecule has 1 aliphatic heterocycles. The first-order valence-electron chi connectivity index (χ1n) is 8.20. The molecule has 3 heterocycles. The van der Waals surface area contributed by atoms with Gasteiger partial charge in [-0.3, -0.25) is 4.79 Å². The van der Waals surface area contributed by atoms with E-state index in [9.17, 15) is 4.79 Å². The van der Waals surface area contributed by atoms with E-state index < -0.39 is 0 Å². The molecule has 0 spiro atoms. The largest absolute Gasteiger partial charge is 0.347 e. The Kier molecular flexibility index (Phi) is 3.79. The van der Waals surface area contributed by atoms with Gasteiger partial charge in [0, 0.05) is 30.1 Å². The van der Waals surface area contributed by atoms with Crippen LogP contribution in [0.2, 0.25) is 0 Å². The highest BCUT2D eigenvalue weighted by atomic mass is 16.5. The highest BCUT2D eigenvalue weighted by Crippen LogP contribution is 2.18. The van der Waals surface area contributed by atoms with Crippen LogP contribution in [-0.2, 0) is 13.0 Å². The third-order valence-electron chi connectivity index (χ3n) is 4.39. The molecule has 0 saturated heterocycles. The van der Waals surface area contributed by atoms with Crippen LogP contribution < -0.4 is 5.32 Å². The van der Waals surface area contributed by atoms with Gasteiger partial charge in [0.15, 0.2) is 5.82 Å². The first-order chi connectivity index (χ1) is 12.1. The summed E-state index contributed by atoms with van der Waals surface area (Å²) >= 11 is 0. The quantitative estimate of drug-likeness (QED) is 0.780. The zero-order valence-electron chi connectivity index (χ0n) is 14.1. The molecule has 0 saturated carbocycles. The van der Waals surface area contributed by atoms with E-state index in [4.69, 9.17) is 4.52 Å². The van der Waals surface area contributed by atoms with Gasteiger partial charge in [-0.1, -0.05) is 5.16 Å². The van der Waals surface area contributed by atoms with Crippen LogP contribution >= 0.6 is 0 Å². The maximum absolute atomic E-state index is 12.5. The van der Waals surface area contributed by atoms with Crippen LogP contribution in [0.1, 0.15) is 34.3 Å². The van der Waals surface area contributed by atoms with Crippen molar-refractivity contribution in [3.05, 3.63) is 47.3 Å². The number of fused-ring (bicyclic) bond motifs is 1. The molecule has 1 N–H and O–H groups in total. The van der Waals surface area contributed by atoms with E-state index in [1.807, 2.05) is 19.1 Å². The van der Waals surface area contributed by atoms with Crippen LogP contribution in [0.5, 0.6) is 0 Å². The topological polar surface area (TPSA) is 98.7 Å². The number of carbonyl (C=O) groups is 1. The minimum absolute atomic E-state index is 0.0768. The van der Waals surface area contributed by atoms with Crippen LogP contribution in [0.3, 0.4) is 0 Å². The number of aryl methyl sites for hydroxylation is 3. The second-order valence-electron chi connectivity index (χ2n) is 6.21. The van der Waals surface area contributed by atoms with E-state index in [-0.39, 0.29) is 11.9 Å². The average Bonchev–Trinajstić information content (AvgIpc) is 3.21. The van der Waals surface area contributed by atoms with Crippen LogP contribution in [0.4, 0.5) is 0 Å². The highest BCUT2D eigenvalue weighted by molar-refractivity contribution is 5.94. The maximum Gasteiger partial charge on any atom is 0.257 e. The standard InChI is InChI=1S/C17H18N6O2/c1-10-18-17(25-22-10)13-5-3-12(4-6-13)16(24)19-14-7-8-15-21-20-11(2)23(15)9-14/h3-6,14H,7-9H2,1-2H3,(H,19,24). The smallest absolute Gasteiger partial charge is 0.257 e. The first kappa shape index (κ1) is 15.5. The number of nitrogens with zero attached hydrogens (tertiary/aromatic N) is 5. The number of hydrogen-bond donors (Lipinski definition) is 1. The number of hydrogen-bond acceptors (Lipinski definition) is 6. The molecule has 1 aromatic carbocycles. The van der Waals surface area contributed by atoms with Crippen molar-refractivity contribution in [2.24, 2.45) is 0 Å². The summed E-state index contributed by atoms with van der Waals surface area (Å²) in [6.45, 7) is 4.40. The molecule has 0 bridgehead atoms. The van der Waals surface area contributed by atoms with Gasteiger partial charge in [0.05, 0.1) is 0 Å². The van der Waals surface area contributed by atoms with E-state index in [1.54, 1.807) is 19.1 Å².